The lowest BCUT2D eigenvalue weighted by molar-refractivity contribution is 0.527. The Hall–Kier alpha value is -0.300. The number of rotatable bonds is 18. The van der Waals surface area contributed by atoms with Gasteiger partial charge in [0.05, 0.1) is 0 Å². The molecule has 0 aliphatic carbocycles. The molecule has 0 radical (unpaired) electrons. The zero-order chi connectivity index (χ0) is 17.1. The zero-order valence-electron chi connectivity index (χ0n) is 16.4. The van der Waals surface area contributed by atoms with E-state index >= 15 is 0 Å². The van der Waals surface area contributed by atoms with Crippen molar-refractivity contribution in [3.63, 3.8) is 0 Å². The van der Waals surface area contributed by atoms with E-state index in [0.29, 0.717) is 0 Å². The molecule has 0 nitrogen and oxygen atoms in total. The summed E-state index contributed by atoms with van der Waals surface area (Å²) in [7, 11) is 0. The molecule has 0 N–H and O–H groups in total. The van der Waals surface area contributed by atoms with Gasteiger partial charge in [-0.25, -0.2) is 0 Å². The summed E-state index contributed by atoms with van der Waals surface area (Å²) in [4.78, 5) is 1.57. The van der Waals surface area contributed by atoms with Gasteiger partial charge in [0.25, 0.3) is 0 Å². The zero-order valence-corrected chi connectivity index (χ0v) is 17.2. The monoisotopic (exact) mass is 350 g/mol. The minimum absolute atomic E-state index is 1.30. The third-order valence-electron chi connectivity index (χ3n) is 5.11. The Bertz CT molecular complexity index is 328. The van der Waals surface area contributed by atoms with Gasteiger partial charge in [0.15, 0.2) is 0 Å². The first-order chi connectivity index (χ1) is 11.9. The Morgan fingerprint density at radius 1 is 0.583 bits per heavy atom. The topological polar surface area (TPSA) is 0 Å². The fourth-order valence-corrected chi connectivity index (χ4v) is 4.23. The van der Waals surface area contributed by atoms with Crippen LogP contribution in [-0.2, 0) is 6.42 Å². The van der Waals surface area contributed by atoms with Crippen LogP contribution in [0.25, 0.3) is 0 Å². The van der Waals surface area contributed by atoms with E-state index in [4.69, 9.17) is 0 Å². The van der Waals surface area contributed by atoms with Crippen molar-refractivity contribution in [3.05, 3.63) is 22.4 Å². The first kappa shape index (κ1) is 21.7. The van der Waals surface area contributed by atoms with Crippen molar-refractivity contribution < 1.29 is 0 Å². The third kappa shape index (κ3) is 14.1. The summed E-state index contributed by atoms with van der Waals surface area (Å²) in [6.07, 6.45) is 26.1. The Morgan fingerprint density at radius 2 is 1.00 bits per heavy atom. The minimum Gasteiger partial charge on any atom is -0.149 e. The van der Waals surface area contributed by atoms with Gasteiger partial charge >= 0.3 is 0 Å². The molecule has 1 rings (SSSR count). The summed E-state index contributed by atoms with van der Waals surface area (Å²) < 4.78 is 0. The van der Waals surface area contributed by atoms with Crippen molar-refractivity contribution in [2.75, 3.05) is 0 Å². The van der Waals surface area contributed by atoms with Crippen LogP contribution in [-0.4, -0.2) is 0 Å². The van der Waals surface area contributed by atoms with E-state index in [1.165, 1.54) is 116 Å². The van der Waals surface area contributed by atoms with Crippen LogP contribution < -0.4 is 0 Å². The quantitative estimate of drug-likeness (QED) is 0.232. The first-order valence-corrected chi connectivity index (χ1v) is 11.8. The minimum atomic E-state index is 1.30. The van der Waals surface area contributed by atoms with Gasteiger partial charge in [-0.1, -0.05) is 116 Å². The average molecular weight is 351 g/mol. The maximum atomic E-state index is 2.30. The van der Waals surface area contributed by atoms with Gasteiger partial charge in [-0.3, -0.25) is 0 Å². The maximum absolute atomic E-state index is 2.30. The van der Waals surface area contributed by atoms with E-state index in [9.17, 15) is 0 Å². The molecule has 140 valence electrons. The molecule has 0 aromatic carbocycles. The standard InChI is InChI=1S/C23H42S/c1-2-3-4-5-6-7-8-9-10-11-12-13-14-15-16-17-18-20-23-21-19-22-24-23/h19,21-22H,2-18,20H2,1H3. The van der Waals surface area contributed by atoms with Gasteiger partial charge < -0.3 is 0 Å². The van der Waals surface area contributed by atoms with Crippen LogP contribution in [0.2, 0.25) is 0 Å². The smallest absolute Gasteiger partial charge is 0.00452 e. The molecule has 0 amide bonds. The second-order valence-electron chi connectivity index (χ2n) is 7.49. The molecule has 0 aliphatic rings. The van der Waals surface area contributed by atoms with Crippen molar-refractivity contribution in [2.24, 2.45) is 0 Å². The van der Waals surface area contributed by atoms with Crippen molar-refractivity contribution in [3.8, 4) is 0 Å². The van der Waals surface area contributed by atoms with Crippen molar-refractivity contribution in [2.45, 2.75) is 122 Å². The molecule has 1 aromatic rings. The summed E-state index contributed by atoms with van der Waals surface area (Å²) in [6, 6.07) is 4.45. The first-order valence-electron chi connectivity index (χ1n) is 11.0. The average Bonchev–Trinajstić information content (AvgIpc) is 3.11. The molecule has 0 spiro atoms. The van der Waals surface area contributed by atoms with Crippen molar-refractivity contribution in [1.82, 2.24) is 0 Å². The molecule has 0 fully saturated rings. The largest absolute Gasteiger partial charge is 0.149 e. The molecule has 0 saturated heterocycles. The van der Waals surface area contributed by atoms with E-state index in [-0.39, 0.29) is 0 Å². The maximum Gasteiger partial charge on any atom is 0.00452 e. The number of hydrogen-bond acceptors (Lipinski definition) is 1. The third-order valence-corrected chi connectivity index (χ3v) is 6.04. The van der Waals surface area contributed by atoms with E-state index in [0.717, 1.165) is 0 Å². The predicted octanol–water partition coefficient (Wildman–Crippen LogP) is 8.94. The molecular weight excluding hydrogens is 308 g/mol. The molecule has 1 heteroatoms. The molecule has 0 saturated carbocycles. The van der Waals surface area contributed by atoms with Gasteiger partial charge in [-0.2, -0.15) is 0 Å². The van der Waals surface area contributed by atoms with E-state index in [2.05, 4.69) is 24.4 Å². The van der Waals surface area contributed by atoms with E-state index in [1.54, 1.807) is 4.88 Å². The Morgan fingerprint density at radius 3 is 1.38 bits per heavy atom. The highest BCUT2D eigenvalue weighted by Gasteiger charge is 1.96. The lowest BCUT2D eigenvalue weighted by atomic mass is 10.0. The van der Waals surface area contributed by atoms with E-state index < -0.39 is 0 Å². The molecule has 0 bridgehead atoms. The van der Waals surface area contributed by atoms with Crippen molar-refractivity contribution >= 4 is 11.3 Å². The highest BCUT2D eigenvalue weighted by atomic mass is 32.1. The second kappa shape index (κ2) is 17.5. The fourth-order valence-electron chi connectivity index (χ4n) is 3.48. The molecule has 1 heterocycles. The molecule has 1 aromatic heterocycles. The van der Waals surface area contributed by atoms with Crippen LogP contribution in [0.5, 0.6) is 0 Å². The number of thiophene rings is 1. The molecule has 0 unspecified atom stereocenters. The molecule has 24 heavy (non-hydrogen) atoms. The summed E-state index contributed by atoms with van der Waals surface area (Å²) in [5.74, 6) is 0. The van der Waals surface area contributed by atoms with Crippen LogP contribution in [0, 0.1) is 0 Å². The summed E-state index contributed by atoms with van der Waals surface area (Å²) in [6.45, 7) is 2.30. The highest BCUT2D eigenvalue weighted by Crippen LogP contribution is 2.16. The normalized spacial score (nSPS) is 11.2. The highest BCUT2D eigenvalue weighted by molar-refractivity contribution is 7.09. The van der Waals surface area contributed by atoms with Gasteiger partial charge in [-0.15, -0.1) is 11.3 Å². The Balaban J connectivity index is 1.66. The predicted molar refractivity (Wildman–Crippen MR) is 112 cm³/mol. The molecule has 0 aliphatic heterocycles. The van der Waals surface area contributed by atoms with Crippen LogP contribution in [0.15, 0.2) is 17.5 Å². The number of aryl methyl sites for hydroxylation is 1. The van der Waals surface area contributed by atoms with Gasteiger partial charge in [-0.05, 0) is 24.3 Å². The Kier molecular flexibility index (Phi) is 15.9. The van der Waals surface area contributed by atoms with E-state index in [1.807, 2.05) is 11.3 Å². The van der Waals surface area contributed by atoms with Crippen LogP contribution in [0.3, 0.4) is 0 Å². The fraction of sp³-hybridized carbons (Fsp3) is 0.826. The Labute approximate surface area is 156 Å². The molecule has 0 atom stereocenters. The van der Waals surface area contributed by atoms with Gasteiger partial charge in [0, 0.05) is 4.88 Å². The van der Waals surface area contributed by atoms with Crippen LogP contribution >= 0.6 is 11.3 Å². The second-order valence-corrected chi connectivity index (χ2v) is 8.52. The summed E-state index contributed by atoms with van der Waals surface area (Å²) in [5, 5.41) is 2.20. The number of hydrogen-bond donors (Lipinski definition) is 0. The lowest BCUT2D eigenvalue weighted by Gasteiger charge is -2.03. The summed E-state index contributed by atoms with van der Waals surface area (Å²) >= 11 is 1.91. The number of unbranched alkanes of at least 4 members (excludes halogenated alkanes) is 16. The van der Waals surface area contributed by atoms with Crippen molar-refractivity contribution in [1.29, 1.82) is 0 Å². The van der Waals surface area contributed by atoms with Gasteiger partial charge in [0.1, 0.15) is 0 Å². The van der Waals surface area contributed by atoms with Crippen LogP contribution in [0.1, 0.15) is 121 Å². The molecular formula is C23H42S. The van der Waals surface area contributed by atoms with Gasteiger partial charge in [0.2, 0.25) is 0 Å². The van der Waals surface area contributed by atoms with Crippen LogP contribution in [0.4, 0.5) is 0 Å². The summed E-state index contributed by atoms with van der Waals surface area (Å²) in [5.41, 5.74) is 0. The SMILES string of the molecule is CCCCCCCCCCCCCCCCCCCc1cccs1. The lowest BCUT2D eigenvalue weighted by Crippen LogP contribution is -1.85.